The Morgan fingerprint density at radius 1 is 1.62 bits per heavy atom. The third-order valence-corrected chi connectivity index (χ3v) is 1.86. The van der Waals surface area contributed by atoms with Gasteiger partial charge in [0.25, 0.3) is 12.1 Å². The van der Waals surface area contributed by atoms with Gasteiger partial charge in [0.1, 0.15) is 0 Å². The van der Waals surface area contributed by atoms with Crippen molar-refractivity contribution in [2.45, 2.75) is 13.3 Å². The third kappa shape index (κ3) is 2.10. The lowest BCUT2D eigenvalue weighted by molar-refractivity contribution is -0.389. The smallest absolute Gasteiger partial charge is 0.381 e. The van der Waals surface area contributed by atoms with Crippen LogP contribution in [0.4, 0.5) is 14.6 Å². The molecule has 1 rings (SSSR count). The summed E-state index contributed by atoms with van der Waals surface area (Å²) in [6.45, 7) is 1.17. The molecule has 16 heavy (non-hydrogen) atoms. The summed E-state index contributed by atoms with van der Waals surface area (Å²) in [5.41, 5.74) is -1.95. The first-order valence-electron chi connectivity index (χ1n) is 4.02. The minimum Gasteiger partial charge on any atom is -0.475 e. The predicted molar refractivity (Wildman–Crippen MR) is 47.5 cm³/mol. The molecule has 0 saturated carbocycles. The number of carboxylic acids is 1. The fourth-order valence-electron chi connectivity index (χ4n) is 1.20. The van der Waals surface area contributed by atoms with Gasteiger partial charge in [-0.15, -0.1) is 0 Å². The Bertz CT molecular complexity index is 462. The molecule has 0 aliphatic rings. The van der Waals surface area contributed by atoms with E-state index in [1.807, 2.05) is 0 Å². The number of nitro groups is 1. The predicted octanol–water partition coefficient (Wildman–Crippen LogP) is 1.93. The molecule has 0 aliphatic heterocycles. The molecule has 86 valence electrons. The molecule has 0 bridgehead atoms. The SMILES string of the molecule is Cc1cc([N+](=O)[O-])nc(C(=O)O)c1C(F)F. The number of pyridine rings is 1. The van der Waals surface area contributed by atoms with Gasteiger partial charge in [0.15, 0.2) is 0 Å². The van der Waals surface area contributed by atoms with Gasteiger partial charge < -0.3 is 15.2 Å². The number of alkyl halides is 2. The molecule has 1 aromatic heterocycles. The molecule has 0 unspecified atom stereocenters. The van der Waals surface area contributed by atoms with Gasteiger partial charge in [-0.25, -0.2) is 13.6 Å². The summed E-state index contributed by atoms with van der Waals surface area (Å²) in [5, 5.41) is 19.0. The fourth-order valence-corrected chi connectivity index (χ4v) is 1.20. The summed E-state index contributed by atoms with van der Waals surface area (Å²) in [7, 11) is 0. The van der Waals surface area contributed by atoms with Gasteiger partial charge in [-0.2, -0.15) is 0 Å². The van der Waals surface area contributed by atoms with Crippen molar-refractivity contribution in [2.75, 3.05) is 0 Å². The molecule has 0 aromatic carbocycles. The van der Waals surface area contributed by atoms with Crippen molar-refractivity contribution in [3.8, 4) is 0 Å². The third-order valence-electron chi connectivity index (χ3n) is 1.86. The van der Waals surface area contributed by atoms with Crippen LogP contribution in [-0.4, -0.2) is 21.0 Å². The number of hydrogen-bond acceptors (Lipinski definition) is 4. The monoisotopic (exact) mass is 232 g/mol. The number of carboxylic acid groups (broad SMARTS) is 1. The normalized spacial score (nSPS) is 10.5. The summed E-state index contributed by atoms with van der Waals surface area (Å²) in [6.07, 6.45) is -3.04. The Labute approximate surface area is 87.7 Å². The number of nitrogens with zero attached hydrogens (tertiary/aromatic N) is 2. The van der Waals surface area contributed by atoms with Crippen LogP contribution in [0.25, 0.3) is 0 Å². The van der Waals surface area contributed by atoms with E-state index in [1.165, 1.54) is 6.92 Å². The summed E-state index contributed by atoms with van der Waals surface area (Å²) in [5.74, 6) is -2.48. The topological polar surface area (TPSA) is 93.3 Å². The lowest BCUT2D eigenvalue weighted by Gasteiger charge is -2.04. The molecule has 0 aliphatic carbocycles. The molecule has 1 heterocycles. The van der Waals surface area contributed by atoms with Gasteiger partial charge in [0.05, 0.1) is 5.56 Å². The van der Waals surface area contributed by atoms with Crippen molar-refractivity contribution < 1.29 is 23.6 Å². The van der Waals surface area contributed by atoms with Crippen molar-refractivity contribution in [2.24, 2.45) is 0 Å². The largest absolute Gasteiger partial charge is 0.475 e. The number of halogens is 2. The van der Waals surface area contributed by atoms with Crippen LogP contribution in [0.3, 0.4) is 0 Å². The van der Waals surface area contributed by atoms with E-state index in [-0.39, 0.29) is 5.56 Å². The second-order valence-corrected chi connectivity index (χ2v) is 2.92. The number of aromatic nitrogens is 1. The highest BCUT2D eigenvalue weighted by Crippen LogP contribution is 2.27. The molecule has 0 amide bonds. The van der Waals surface area contributed by atoms with Gasteiger partial charge >= 0.3 is 11.8 Å². The molecule has 0 radical (unpaired) electrons. The average Bonchev–Trinajstić information content (AvgIpc) is 2.15. The Balaban J connectivity index is 3.52. The Morgan fingerprint density at radius 2 is 2.19 bits per heavy atom. The van der Waals surface area contributed by atoms with E-state index in [2.05, 4.69) is 4.98 Å². The van der Waals surface area contributed by atoms with Crippen LogP contribution in [0.5, 0.6) is 0 Å². The van der Waals surface area contributed by atoms with Crippen molar-refractivity contribution in [3.05, 3.63) is 33.0 Å². The zero-order valence-corrected chi connectivity index (χ0v) is 7.98. The first-order chi connectivity index (χ1) is 7.34. The van der Waals surface area contributed by atoms with Crippen molar-refractivity contribution >= 4 is 11.8 Å². The molecular formula is C8H6F2N2O4. The van der Waals surface area contributed by atoms with Crippen LogP contribution >= 0.6 is 0 Å². The number of carbonyl (C=O) groups is 1. The van der Waals surface area contributed by atoms with E-state index in [9.17, 15) is 23.7 Å². The van der Waals surface area contributed by atoms with Crippen molar-refractivity contribution in [1.82, 2.24) is 4.98 Å². The number of aryl methyl sites for hydroxylation is 1. The minimum atomic E-state index is -3.04. The Kier molecular flexibility index (Phi) is 3.11. The highest BCUT2D eigenvalue weighted by atomic mass is 19.3. The average molecular weight is 232 g/mol. The van der Waals surface area contributed by atoms with Gasteiger partial charge in [0, 0.05) is 6.07 Å². The maximum atomic E-state index is 12.5. The van der Waals surface area contributed by atoms with E-state index in [4.69, 9.17) is 5.11 Å². The number of aromatic carboxylic acids is 1. The molecule has 0 spiro atoms. The van der Waals surface area contributed by atoms with Crippen LogP contribution in [-0.2, 0) is 0 Å². The highest BCUT2D eigenvalue weighted by molar-refractivity contribution is 5.88. The first-order valence-corrected chi connectivity index (χ1v) is 4.02. The second-order valence-electron chi connectivity index (χ2n) is 2.92. The summed E-state index contributed by atoms with van der Waals surface area (Å²) >= 11 is 0. The number of rotatable bonds is 3. The lowest BCUT2D eigenvalue weighted by Crippen LogP contribution is -2.10. The van der Waals surface area contributed by atoms with Crippen molar-refractivity contribution in [1.29, 1.82) is 0 Å². The maximum Gasteiger partial charge on any atom is 0.381 e. The van der Waals surface area contributed by atoms with Gasteiger partial charge in [0.2, 0.25) is 0 Å². The Hall–Kier alpha value is -2.12. The molecular weight excluding hydrogens is 226 g/mol. The molecule has 1 aromatic rings. The summed E-state index contributed by atoms with van der Waals surface area (Å²) in [6, 6.07) is 0.813. The lowest BCUT2D eigenvalue weighted by atomic mass is 10.1. The maximum absolute atomic E-state index is 12.5. The van der Waals surface area contributed by atoms with Crippen LogP contribution in [0.2, 0.25) is 0 Å². The summed E-state index contributed by atoms with van der Waals surface area (Å²) < 4.78 is 25.0. The van der Waals surface area contributed by atoms with E-state index in [0.717, 1.165) is 6.07 Å². The van der Waals surface area contributed by atoms with E-state index in [1.54, 1.807) is 0 Å². The van der Waals surface area contributed by atoms with Crippen LogP contribution in [0, 0.1) is 17.0 Å². The van der Waals surface area contributed by atoms with E-state index >= 15 is 0 Å². The zero-order valence-electron chi connectivity index (χ0n) is 7.98. The standard InChI is InChI=1S/C8H6F2N2O4/c1-3-2-4(12(15)16)11-6(8(13)14)5(3)7(9)10/h2,7H,1H3,(H,13,14). The van der Waals surface area contributed by atoms with Crippen molar-refractivity contribution in [3.63, 3.8) is 0 Å². The molecule has 1 N–H and O–H groups in total. The van der Waals surface area contributed by atoms with Gasteiger partial charge in [-0.3, -0.25) is 0 Å². The van der Waals surface area contributed by atoms with E-state index < -0.39 is 34.4 Å². The minimum absolute atomic E-state index is 0.172. The quantitative estimate of drug-likeness (QED) is 0.634. The van der Waals surface area contributed by atoms with Crippen LogP contribution < -0.4 is 0 Å². The van der Waals surface area contributed by atoms with Gasteiger partial charge in [-0.05, 0) is 22.4 Å². The highest BCUT2D eigenvalue weighted by Gasteiger charge is 2.29. The summed E-state index contributed by atoms with van der Waals surface area (Å²) in [4.78, 5) is 23.1. The van der Waals surface area contributed by atoms with Gasteiger partial charge in [-0.1, -0.05) is 0 Å². The second kappa shape index (κ2) is 4.17. The Morgan fingerprint density at radius 3 is 2.56 bits per heavy atom. The molecule has 6 nitrogen and oxygen atoms in total. The molecule has 8 heteroatoms. The fraction of sp³-hybridized carbons (Fsp3) is 0.250. The van der Waals surface area contributed by atoms with Crippen LogP contribution in [0.15, 0.2) is 6.07 Å². The molecule has 0 fully saturated rings. The first kappa shape index (κ1) is 12.0. The van der Waals surface area contributed by atoms with Crippen LogP contribution in [0.1, 0.15) is 28.0 Å². The molecule has 0 atom stereocenters. The van der Waals surface area contributed by atoms with E-state index in [0.29, 0.717) is 0 Å². The number of hydrogen-bond donors (Lipinski definition) is 1. The zero-order chi connectivity index (χ0) is 12.5. The molecule has 0 saturated heterocycles.